The molecule has 6 aromatic rings. The summed E-state index contributed by atoms with van der Waals surface area (Å²) in [4.78, 5) is 153. The number of carbonyl (C=O) groups excluding carboxylic acids is 9. The van der Waals surface area contributed by atoms with Crippen molar-refractivity contribution in [3.63, 3.8) is 0 Å². The largest absolute Gasteiger partial charge is 0.540 e. The van der Waals surface area contributed by atoms with Gasteiger partial charge in [-0.2, -0.15) is 0 Å². The van der Waals surface area contributed by atoms with E-state index < -0.39 is 111 Å². The predicted molar refractivity (Wildman–Crippen MR) is 487 cm³/mol. The monoisotopic (exact) mass is 1960 g/mol. The summed E-state index contributed by atoms with van der Waals surface area (Å²) in [6, 6.07) is 13.4. The van der Waals surface area contributed by atoms with Crippen molar-refractivity contribution < 1.29 is 151 Å². The summed E-state index contributed by atoms with van der Waals surface area (Å²) >= 11 is 0. The van der Waals surface area contributed by atoms with Crippen LogP contribution in [0.1, 0.15) is 249 Å². The van der Waals surface area contributed by atoms with E-state index in [0.717, 1.165) is 119 Å². The molecular formula is C102H135FN9O19V3-3. The Labute approximate surface area is 823 Å². The normalized spacial score (nSPS) is 31.5. The SMILES string of the molecule is CC[C@]1(C)[C@@H]2CN(C(=O)[C@H](C(C)(C)C)CC(=O)O[C@]3(C)C[C@H]3CCCCCc3nc4ccc(OC)cc4nc3O2)[C@@H]1[C-]=O.CC[C@]1(F)[C@@H]2CN(C(=O)[C@H](C(C)(C)C)CC(=O)O[C@@H]3C[C@H]3CCCCCc3nc4ccc(OC)cc4nc3O2)[C@@H]1[C-]=O.COC[C@@H]1[C@@H]2CN(C(=O)[C@H](C(C)(C)C)CC(=O)O[C@]3(C)CC4CC4[C@H]3CCCCCc3nc4ccc(OC)cc4nc3O2)[C@@H]1[C-]=O.[V].[V].[V]. The maximum atomic E-state index is 16.8. The van der Waals surface area contributed by atoms with Crippen LogP contribution in [0.15, 0.2) is 54.6 Å². The Hall–Kier alpha value is -8.05. The maximum Gasteiger partial charge on any atom is 0.307 e. The number of amides is 3. The number of halogens is 1. The van der Waals surface area contributed by atoms with Crippen molar-refractivity contribution >= 4 is 87.6 Å². The van der Waals surface area contributed by atoms with Crippen LogP contribution in [0, 0.1) is 74.9 Å². The van der Waals surface area contributed by atoms with Crippen LogP contribution in [-0.2, 0) is 137 Å². The summed E-state index contributed by atoms with van der Waals surface area (Å²) in [7, 11) is 6.35. The van der Waals surface area contributed by atoms with Gasteiger partial charge in [-0.1, -0.05) is 134 Å². The van der Waals surface area contributed by atoms with E-state index in [2.05, 4.69) is 19.5 Å². The standard InChI is InChI=1S/C36H48N3O7.C34H46N3O6.C32H41FN3O6.3V/c1-35(2,3)26-16-32(41)46-36(4)17-21-14-23(21)25(36)10-8-7-9-11-28-33(38-29-15-22(44-6)12-13-27(29)37-28)45-31-18-39(34(26)42)30(19-40)24(31)20-43-5;1-8-33(5)27(20-38)37-19-28(33)42-30-25(35-24-15-14-22(41-7)16-26(24)36-30)13-11-9-10-12-21-18-34(21,6)43-29(39)17-23(31(37)40)32(2,3)4;1-6-32(33)26(18-37)36-17-27(32)42-29-23(34-22-13-12-20(40-5)15-24(22)35-29)11-9-7-8-10-19-14-25(19)41-28(38)16-21(30(36)39)31(2,3)4;;;/h12-13,15,21,23-26,30-31H,7-11,14,16-18,20H2,1-6H3;14-16,21,23,27-28H,8-13,17-19H2,1-7H3;12-13,15,19,21,25-27H,6-11,14,16-17H2,1-5H3;;;/q3*-1;;;/t21?,23?,24-,25+,26+,30+,31-,36+;21-,23-,27-,28+,33+,34-;19-,21-,25-,26-,27+,32-;;;/m011.../s1. The van der Waals surface area contributed by atoms with E-state index in [1.807, 2.05) is 132 Å². The van der Waals surface area contributed by atoms with Crippen LogP contribution in [0.2, 0.25) is 0 Å². The van der Waals surface area contributed by atoms with Gasteiger partial charge < -0.3 is 76.5 Å². The number of nitrogens with zero attached hydrogens (tertiary/aromatic N) is 9. The zero-order chi connectivity index (χ0) is 94.2. The molecule has 3 aromatic carbocycles. The van der Waals surface area contributed by atoms with Crippen molar-refractivity contribution in [3.8, 4) is 34.9 Å². The van der Waals surface area contributed by atoms with Crippen LogP contribution in [0.25, 0.3) is 33.1 Å². The van der Waals surface area contributed by atoms with Crippen LogP contribution in [0.4, 0.5) is 4.39 Å². The quantitative estimate of drug-likeness (QED) is 0.0698. The fraction of sp³-hybridized carbons (Fsp3) is 0.676. The molecule has 3 amide bonds. The topological polar surface area (TPSA) is 333 Å². The molecule has 28 nitrogen and oxygen atoms in total. The predicted octanol–water partition coefficient (Wildman–Crippen LogP) is 15.6. The second-order valence-corrected chi connectivity index (χ2v) is 42.3. The number of aryl methyl sites for hydroxylation is 3. The Kier molecular flexibility index (Phi) is 34.6. The Morgan fingerprint density at radius 3 is 1.35 bits per heavy atom. The number of fused-ring (bicyclic) bond motifs is 17. The summed E-state index contributed by atoms with van der Waals surface area (Å²) in [6.07, 6.45) is 21.2. The molecule has 3 radical (unpaired) electrons. The van der Waals surface area contributed by atoms with Crippen LogP contribution < -0.4 is 28.4 Å². The van der Waals surface area contributed by atoms with Crippen LogP contribution in [-0.4, -0.2) is 213 Å². The van der Waals surface area contributed by atoms with Gasteiger partial charge in [0, 0.05) is 104 Å². The van der Waals surface area contributed by atoms with Crippen LogP contribution >= 0.6 is 0 Å². The Morgan fingerprint density at radius 1 is 0.455 bits per heavy atom. The van der Waals surface area contributed by atoms with Gasteiger partial charge >= 0.3 is 17.9 Å². The number of hydrogen-bond acceptors (Lipinski definition) is 25. The van der Waals surface area contributed by atoms with Crippen molar-refractivity contribution in [1.82, 2.24) is 44.6 Å². The number of hydrogen-bond donors (Lipinski definition) is 0. The second-order valence-electron chi connectivity index (χ2n) is 42.3. The smallest absolute Gasteiger partial charge is 0.307 e. The van der Waals surface area contributed by atoms with Gasteiger partial charge in [-0.3, -0.25) is 28.8 Å². The third kappa shape index (κ3) is 23.2. The number of aromatic nitrogens is 6. The third-order valence-corrected chi connectivity index (χ3v) is 30.3. The third-order valence-electron chi connectivity index (χ3n) is 30.3. The molecule has 4 aliphatic carbocycles. The average molecular weight is 1960 g/mol. The van der Waals surface area contributed by atoms with Gasteiger partial charge in [0.15, 0.2) is 6.10 Å². The van der Waals surface area contributed by atoms with E-state index >= 15 is 4.39 Å². The number of methoxy groups -OCH3 is 4. The summed E-state index contributed by atoms with van der Waals surface area (Å²) < 4.78 is 76.2. The van der Waals surface area contributed by atoms with Crippen LogP contribution in [0.3, 0.4) is 0 Å². The first-order chi connectivity index (χ1) is 62.3. The van der Waals surface area contributed by atoms with Crippen molar-refractivity contribution in [2.24, 2.45) is 74.9 Å². The number of esters is 3. The fourth-order valence-electron chi connectivity index (χ4n) is 21.5. The molecule has 727 valence electrons. The Morgan fingerprint density at radius 2 is 0.896 bits per heavy atom. The molecule has 7 fully saturated rings. The summed E-state index contributed by atoms with van der Waals surface area (Å²) in [5.74, 6) is 0.314. The van der Waals surface area contributed by atoms with E-state index in [1.54, 1.807) is 52.6 Å². The van der Waals surface area contributed by atoms with E-state index in [4.69, 9.17) is 77.3 Å². The molecule has 134 heavy (non-hydrogen) atoms. The number of ether oxygens (including phenoxy) is 10. The van der Waals surface area contributed by atoms with Gasteiger partial charge in [-0.15, -0.1) is 0 Å². The van der Waals surface area contributed by atoms with Gasteiger partial charge in [-0.05, 0) is 187 Å². The van der Waals surface area contributed by atoms with E-state index in [9.17, 15) is 43.2 Å². The number of rotatable bonds is 10. The van der Waals surface area contributed by atoms with E-state index in [0.29, 0.717) is 112 Å². The first-order valence-corrected chi connectivity index (χ1v) is 47.7. The minimum atomic E-state index is -2.22. The number of benzene rings is 3. The van der Waals surface area contributed by atoms with E-state index in [1.165, 1.54) is 16.2 Å². The molecule has 6 bridgehead atoms. The molecule has 4 saturated carbocycles. The zero-order valence-corrected chi connectivity index (χ0v) is 85.4. The molecular weight excluding hydrogens is 1830 g/mol. The average Bonchev–Trinajstić information content (AvgIpc) is 1.58. The maximum absolute atomic E-state index is 16.8. The van der Waals surface area contributed by atoms with Gasteiger partial charge in [0.25, 0.3) is 0 Å². The number of alkyl halides is 1. The second kappa shape index (κ2) is 43.6. The van der Waals surface area contributed by atoms with Gasteiger partial charge in [0.2, 0.25) is 35.4 Å². The van der Waals surface area contributed by atoms with Gasteiger partial charge in [0.05, 0.1) is 118 Å². The molecule has 0 N–H and O–H groups in total. The molecule has 20 atom stereocenters. The van der Waals surface area contributed by atoms with Gasteiger partial charge in [0.1, 0.15) is 69.5 Å². The number of carbonyl (C=O) groups is 6. The zero-order valence-electron chi connectivity index (χ0n) is 81.2. The van der Waals surface area contributed by atoms with Crippen molar-refractivity contribution in [2.45, 2.75) is 310 Å². The molecule has 3 aromatic heterocycles. The fourth-order valence-corrected chi connectivity index (χ4v) is 21.5. The Bertz CT molecular complexity index is 5230. The molecule has 0 spiro atoms. The summed E-state index contributed by atoms with van der Waals surface area (Å²) in [5.41, 5.74) is 0.454. The minimum absolute atomic E-state index is 0. The van der Waals surface area contributed by atoms with Crippen molar-refractivity contribution in [3.05, 3.63) is 71.7 Å². The summed E-state index contributed by atoms with van der Waals surface area (Å²) in [6.45, 7) is 27.2. The molecule has 2 unspecified atom stereocenters. The molecule has 10 aliphatic rings. The van der Waals surface area contributed by atoms with Crippen LogP contribution in [0.5, 0.6) is 34.9 Å². The molecule has 9 heterocycles. The molecule has 6 aliphatic heterocycles. The summed E-state index contributed by atoms with van der Waals surface area (Å²) in [5, 5.41) is 0. The molecule has 16 rings (SSSR count). The van der Waals surface area contributed by atoms with E-state index in [-0.39, 0.29) is 143 Å². The first kappa shape index (κ1) is 106. The molecule has 3 saturated heterocycles. The minimum Gasteiger partial charge on any atom is -0.540 e. The molecule has 32 heteroatoms. The van der Waals surface area contributed by atoms with Gasteiger partial charge in [-0.25, -0.2) is 53.2 Å². The first-order valence-electron chi connectivity index (χ1n) is 47.7. The Balaban J connectivity index is 0.000000192. The van der Waals surface area contributed by atoms with Crippen molar-refractivity contribution in [1.29, 1.82) is 0 Å². The van der Waals surface area contributed by atoms with Crippen molar-refractivity contribution in [2.75, 3.05) is 54.7 Å².